The van der Waals surface area contributed by atoms with Gasteiger partial charge in [0.2, 0.25) is 5.79 Å². The summed E-state index contributed by atoms with van der Waals surface area (Å²) in [5, 5.41) is 142. The number of hydrogen-bond acceptors (Lipinski definition) is 21. The average molecular weight is 667 g/mol. The largest absolute Gasteiger partial charge is 0.394 e. The van der Waals surface area contributed by atoms with E-state index in [1.54, 1.807) is 0 Å². The molecular weight excluding hydrogens is 624 g/mol. The second-order valence-electron chi connectivity index (χ2n) is 11.3. The van der Waals surface area contributed by atoms with Gasteiger partial charge in [-0.25, -0.2) is 0 Å². The Bertz CT molecular complexity index is 929. The van der Waals surface area contributed by atoms with Crippen LogP contribution in [0.15, 0.2) is 0 Å². The minimum absolute atomic E-state index is 0.729. The van der Waals surface area contributed by atoms with Gasteiger partial charge in [0, 0.05) is 0 Å². The van der Waals surface area contributed by atoms with Crippen molar-refractivity contribution in [2.45, 2.75) is 116 Å². The van der Waals surface area contributed by atoms with Gasteiger partial charge in [-0.1, -0.05) is 0 Å². The Morgan fingerprint density at radius 3 is 1.33 bits per heavy atom. The van der Waals surface area contributed by atoms with E-state index in [0.29, 0.717) is 0 Å². The second-order valence-corrected chi connectivity index (χ2v) is 11.3. The first-order valence-corrected chi connectivity index (χ1v) is 14.1. The predicted molar refractivity (Wildman–Crippen MR) is 134 cm³/mol. The highest BCUT2D eigenvalue weighted by Gasteiger charge is 2.60. The van der Waals surface area contributed by atoms with E-state index in [1.807, 2.05) is 0 Å². The summed E-state index contributed by atoms with van der Waals surface area (Å²) in [6, 6.07) is 0. The van der Waals surface area contributed by atoms with Gasteiger partial charge in [0.05, 0.1) is 26.4 Å². The van der Waals surface area contributed by atoms with Crippen molar-refractivity contribution in [1.29, 1.82) is 0 Å². The molecule has 0 spiro atoms. The van der Waals surface area contributed by atoms with Gasteiger partial charge in [-0.3, -0.25) is 0 Å². The fourth-order valence-corrected chi connectivity index (χ4v) is 5.40. The van der Waals surface area contributed by atoms with E-state index in [1.165, 1.54) is 0 Å². The van der Waals surface area contributed by atoms with Crippen molar-refractivity contribution in [3.63, 3.8) is 0 Å². The van der Waals surface area contributed by atoms with Crippen molar-refractivity contribution in [3.8, 4) is 0 Å². The lowest BCUT2D eigenvalue weighted by Crippen LogP contribution is -2.64. The molecule has 0 aromatic rings. The summed E-state index contributed by atoms with van der Waals surface area (Å²) >= 11 is 0. The summed E-state index contributed by atoms with van der Waals surface area (Å²) in [4.78, 5) is 0. The molecule has 19 atom stereocenters. The van der Waals surface area contributed by atoms with Gasteiger partial charge in [-0.15, -0.1) is 0 Å². The van der Waals surface area contributed by atoms with Gasteiger partial charge < -0.3 is 105 Å². The van der Waals surface area contributed by atoms with Crippen LogP contribution < -0.4 is 0 Å². The topological polar surface area (TPSA) is 348 Å². The maximum absolute atomic E-state index is 10.9. The number of ether oxygens (including phenoxy) is 7. The third kappa shape index (κ3) is 7.29. The lowest BCUT2D eigenvalue weighted by atomic mass is 9.98. The Morgan fingerprint density at radius 1 is 0.444 bits per heavy atom. The number of hydrogen-bond donors (Lipinski definition) is 14. The second kappa shape index (κ2) is 15.1. The van der Waals surface area contributed by atoms with Gasteiger partial charge in [-0.2, -0.15) is 0 Å². The number of aliphatic hydroxyl groups excluding tert-OH is 14. The molecule has 4 aliphatic rings. The minimum atomic E-state index is -2.57. The Hall–Kier alpha value is -0.840. The van der Waals surface area contributed by atoms with Crippen molar-refractivity contribution in [2.24, 2.45) is 0 Å². The monoisotopic (exact) mass is 666 g/mol. The summed E-state index contributed by atoms with van der Waals surface area (Å²) in [5.74, 6) is -2.57. The molecule has 14 N–H and O–H groups in total. The molecule has 0 aliphatic carbocycles. The van der Waals surface area contributed by atoms with Crippen LogP contribution in [0.1, 0.15) is 0 Å². The van der Waals surface area contributed by atoms with Crippen LogP contribution >= 0.6 is 0 Å². The molecule has 4 heterocycles. The van der Waals surface area contributed by atoms with E-state index in [0.717, 1.165) is 0 Å². The van der Waals surface area contributed by atoms with Gasteiger partial charge in [0.15, 0.2) is 18.9 Å². The first-order valence-electron chi connectivity index (χ1n) is 14.1. The molecule has 4 fully saturated rings. The zero-order valence-corrected chi connectivity index (χ0v) is 23.5. The van der Waals surface area contributed by atoms with Gasteiger partial charge in [0.25, 0.3) is 0 Å². The summed E-state index contributed by atoms with van der Waals surface area (Å²) in [6.07, 6.45) is -32.0. The van der Waals surface area contributed by atoms with E-state index in [4.69, 9.17) is 33.2 Å². The summed E-state index contributed by atoms with van der Waals surface area (Å²) in [5.41, 5.74) is 0. The van der Waals surface area contributed by atoms with E-state index < -0.39 is 149 Å². The maximum atomic E-state index is 10.9. The van der Waals surface area contributed by atoms with Crippen LogP contribution in [-0.2, 0) is 33.2 Å². The summed E-state index contributed by atoms with van der Waals surface area (Å²) in [6.45, 7) is -4.15. The molecule has 0 amide bonds. The molecule has 0 aromatic carbocycles. The van der Waals surface area contributed by atoms with Crippen LogP contribution in [0.2, 0.25) is 0 Å². The van der Waals surface area contributed by atoms with E-state index in [2.05, 4.69) is 0 Å². The van der Waals surface area contributed by atoms with Crippen LogP contribution in [0.4, 0.5) is 0 Å². The fraction of sp³-hybridized carbons (Fsp3) is 1.00. The molecule has 4 saturated heterocycles. The number of rotatable bonds is 11. The van der Waals surface area contributed by atoms with Crippen molar-refractivity contribution < 1.29 is 105 Å². The first-order chi connectivity index (χ1) is 21.2. The molecule has 0 saturated carbocycles. The van der Waals surface area contributed by atoms with Gasteiger partial charge >= 0.3 is 0 Å². The van der Waals surface area contributed by atoms with E-state index in [9.17, 15) is 71.5 Å². The molecule has 264 valence electrons. The molecule has 21 heteroatoms. The fourth-order valence-electron chi connectivity index (χ4n) is 5.40. The molecule has 19 unspecified atom stereocenters. The smallest absolute Gasteiger partial charge is 0.224 e. The molecular formula is C24H42O21. The van der Waals surface area contributed by atoms with Crippen molar-refractivity contribution in [1.82, 2.24) is 0 Å². The molecule has 4 aliphatic heterocycles. The molecule has 0 radical (unpaired) electrons. The van der Waals surface area contributed by atoms with Crippen molar-refractivity contribution in [3.05, 3.63) is 0 Å². The van der Waals surface area contributed by atoms with E-state index >= 15 is 0 Å². The minimum Gasteiger partial charge on any atom is -0.394 e. The molecule has 0 aromatic heterocycles. The first kappa shape index (κ1) is 37.0. The lowest BCUT2D eigenvalue weighted by molar-refractivity contribution is -0.399. The highest BCUT2D eigenvalue weighted by molar-refractivity contribution is 5.00. The van der Waals surface area contributed by atoms with Gasteiger partial charge in [-0.05, 0) is 0 Å². The van der Waals surface area contributed by atoms with Crippen molar-refractivity contribution in [2.75, 3.05) is 33.0 Å². The Kier molecular flexibility index (Phi) is 12.5. The SMILES string of the molecule is OCC1OC(OCC2OC(OC3(COC4OC(CO)C(O)C(O)C4O)OC(CO)C(O)C3O)C(O)C(O)C2O)C(O)C(O)C1O. The maximum Gasteiger partial charge on any atom is 0.224 e. The normalized spacial score (nSPS) is 52.7. The van der Waals surface area contributed by atoms with Crippen LogP contribution in [0.25, 0.3) is 0 Å². The predicted octanol–water partition coefficient (Wildman–Crippen LogP) is -9.75. The Labute approximate surface area is 254 Å². The average Bonchev–Trinajstić information content (AvgIpc) is 3.27. The zero-order chi connectivity index (χ0) is 33.4. The Morgan fingerprint density at radius 2 is 0.867 bits per heavy atom. The molecule has 45 heavy (non-hydrogen) atoms. The van der Waals surface area contributed by atoms with Crippen molar-refractivity contribution >= 4 is 0 Å². The highest BCUT2D eigenvalue weighted by atomic mass is 16.8. The third-order valence-corrected chi connectivity index (χ3v) is 8.24. The van der Waals surface area contributed by atoms with Crippen LogP contribution in [0.3, 0.4) is 0 Å². The van der Waals surface area contributed by atoms with Crippen LogP contribution in [-0.4, -0.2) is 221 Å². The quantitative estimate of drug-likeness (QED) is 0.0973. The van der Waals surface area contributed by atoms with Crippen LogP contribution in [0.5, 0.6) is 0 Å². The summed E-state index contributed by atoms with van der Waals surface area (Å²) < 4.78 is 38.0. The lowest BCUT2D eigenvalue weighted by Gasteiger charge is -2.45. The zero-order valence-electron chi connectivity index (χ0n) is 23.5. The molecule has 21 nitrogen and oxygen atoms in total. The summed E-state index contributed by atoms with van der Waals surface area (Å²) in [7, 11) is 0. The standard InChI is InChI=1S/C24H42O21/c25-1-6-10(28)14(32)17(35)21(41-6)39-4-9-12(30)16(34)19(37)23(43-9)45-24(20(38)13(31)8(3-27)44-24)5-40-22-18(36)15(33)11(29)7(2-26)42-22/h6-23,25-38H,1-5H2. The third-order valence-electron chi connectivity index (χ3n) is 8.24. The molecule has 4 rings (SSSR count). The number of aliphatic hydroxyl groups is 14. The van der Waals surface area contributed by atoms with Gasteiger partial charge in [0.1, 0.15) is 98.2 Å². The Balaban J connectivity index is 1.50. The van der Waals surface area contributed by atoms with Crippen LogP contribution in [0, 0.1) is 0 Å². The van der Waals surface area contributed by atoms with E-state index in [-0.39, 0.29) is 0 Å². The highest BCUT2D eigenvalue weighted by Crippen LogP contribution is 2.38. The molecule has 0 bridgehead atoms.